The summed E-state index contributed by atoms with van der Waals surface area (Å²) in [7, 11) is 0. The third-order valence-corrected chi connectivity index (χ3v) is 2.93. The number of rotatable bonds is 6. The number of nitrogens with two attached hydrogens (primary N) is 1. The van der Waals surface area contributed by atoms with Crippen molar-refractivity contribution in [3.8, 4) is 0 Å². The van der Waals surface area contributed by atoms with E-state index in [2.05, 4.69) is 25.7 Å². The zero-order valence-electron chi connectivity index (χ0n) is 9.29. The first-order chi connectivity index (χ1) is 6.13. The fourth-order valence-corrected chi connectivity index (χ4v) is 1.94. The third kappa shape index (κ3) is 4.10. The van der Waals surface area contributed by atoms with Gasteiger partial charge in [-0.1, -0.05) is 6.92 Å². The Morgan fingerprint density at radius 3 is 2.38 bits per heavy atom. The van der Waals surface area contributed by atoms with Gasteiger partial charge in [0.15, 0.2) is 0 Å². The smallest absolute Gasteiger partial charge is 0.00815 e. The van der Waals surface area contributed by atoms with Crippen LogP contribution in [0.5, 0.6) is 0 Å². The highest BCUT2D eigenvalue weighted by Gasteiger charge is 2.25. The van der Waals surface area contributed by atoms with Gasteiger partial charge in [-0.05, 0) is 45.6 Å². The Bertz CT molecular complexity index is 141. The summed E-state index contributed by atoms with van der Waals surface area (Å²) in [6, 6.07) is 0.994. The van der Waals surface area contributed by atoms with Crippen molar-refractivity contribution >= 4 is 0 Å². The topological polar surface area (TPSA) is 29.3 Å². The van der Waals surface area contributed by atoms with Crippen LogP contribution in [-0.4, -0.2) is 30.1 Å². The maximum Gasteiger partial charge on any atom is 0.00815 e. The van der Waals surface area contributed by atoms with E-state index in [1.54, 1.807) is 0 Å². The molecule has 2 N–H and O–H groups in total. The molecule has 0 aliphatic heterocycles. The molecule has 1 fully saturated rings. The predicted octanol–water partition coefficient (Wildman–Crippen LogP) is 1.84. The van der Waals surface area contributed by atoms with Gasteiger partial charge in [0.05, 0.1) is 0 Å². The number of hydrogen-bond donors (Lipinski definition) is 1. The fourth-order valence-electron chi connectivity index (χ4n) is 1.94. The van der Waals surface area contributed by atoms with E-state index in [0.717, 1.165) is 12.3 Å². The van der Waals surface area contributed by atoms with Crippen LogP contribution in [0.2, 0.25) is 0 Å². The maximum absolute atomic E-state index is 5.81. The van der Waals surface area contributed by atoms with Crippen LogP contribution < -0.4 is 5.73 Å². The van der Waals surface area contributed by atoms with Gasteiger partial charge in [-0.25, -0.2) is 0 Å². The molecule has 2 atom stereocenters. The van der Waals surface area contributed by atoms with Crippen molar-refractivity contribution in [2.45, 2.75) is 52.1 Å². The summed E-state index contributed by atoms with van der Waals surface area (Å²) in [4.78, 5) is 2.57. The molecule has 13 heavy (non-hydrogen) atoms. The molecule has 1 rings (SSSR count). The summed E-state index contributed by atoms with van der Waals surface area (Å²) >= 11 is 0. The van der Waals surface area contributed by atoms with Crippen LogP contribution >= 0.6 is 0 Å². The summed E-state index contributed by atoms with van der Waals surface area (Å²) in [6.07, 6.45) is 4.02. The quantitative estimate of drug-likeness (QED) is 0.682. The molecule has 0 bridgehead atoms. The largest absolute Gasteiger partial charge is 0.328 e. The van der Waals surface area contributed by atoms with E-state index in [1.807, 2.05) is 0 Å². The van der Waals surface area contributed by atoms with Gasteiger partial charge in [-0.15, -0.1) is 0 Å². The molecule has 2 nitrogen and oxygen atoms in total. The average Bonchev–Trinajstić information content (AvgIpc) is 2.81. The Balaban J connectivity index is 2.25. The summed E-state index contributed by atoms with van der Waals surface area (Å²) in [5.74, 6) is 0.996. The van der Waals surface area contributed by atoms with Gasteiger partial charge in [-0.2, -0.15) is 0 Å². The van der Waals surface area contributed by atoms with Gasteiger partial charge in [0, 0.05) is 18.6 Å². The van der Waals surface area contributed by atoms with Gasteiger partial charge >= 0.3 is 0 Å². The van der Waals surface area contributed by atoms with Crippen LogP contribution in [0, 0.1) is 5.92 Å². The van der Waals surface area contributed by atoms with Crippen LogP contribution in [0.25, 0.3) is 0 Å². The zero-order chi connectivity index (χ0) is 9.84. The molecule has 0 aromatic heterocycles. The molecule has 2 unspecified atom stereocenters. The Hall–Kier alpha value is -0.0800. The summed E-state index contributed by atoms with van der Waals surface area (Å²) in [5, 5.41) is 0. The van der Waals surface area contributed by atoms with E-state index < -0.39 is 0 Å². The number of nitrogens with zero attached hydrogens (tertiary/aromatic N) is 1. The summed E-state index contributed by atoms with van der Waals surface area (Å²) in [6.45, 7) is 9.12. The maximum atomic E-state index is 5.81. The minimum Gasteiger partial charge on any atom is -0.328 e. The highest BCUT2D eigenvalue weighted by atomic mass is 15.1. The van der Waals surface area contributed by atoms with Gasteiger partial charge < -0.3 is 10.6 Å². The van der Waals surface area contributed by atoms with Crippen molar-refractivity contribution < 1.29 is 0 Å². The molecular weight excluding hydrogens is 160 g/mol. The zero-order valence-corrected chi connectivity index (χ0v) is 9.29. The Kier molecular flexibility index (Phi) is 4.20. The first-order valence-corrected chi connectivity index (χ1v) is 5.63. The first kappa shape index (κ1) is 11.0. The van der Waals surface area contributed by atoms with Crippen LogP contribution in [-0.2, 0) is 0 Å². The molecule has 0 radical (unpaired) electrons. The normalized spacial score (nSPS) is 21.9. The highest BCUT2D eigenvalue weighted by molar-refractivity contribution is 4.80. The van der Waals surface area contributed by atoms with Gasteiger partial charge in [0.1, 0.15) is 0 Å². The van der Waals surface area contributed by atoms with Gasteiger partial charge in [0.25, 0.3) is 0 Å². The highest BCUT2D eigenvalue weighted by Crippen LogP contribution is 2.30. The molecule has 0 aromatic rings. The Labute approximate surface area is 82.5 Å². The standard InChI is InChI=1S/C11H24N2/c1-4-13(8-11-5-6-11)10(3)7-9(2)12/h9-11H,4-8,12H2,1-3H3. The monoisotopic (exact) mass is 184 g/mol. The van der Waals surface area contributed by atoms with Crippen molar-refractivity contribution in [2.75, 3.05) is 13.1 Å². The van der Waals surface area contributed by atoms with E-state index in [-0.39, 0.29) is 0 Å². The van der Waals surface area contributed by atoms with Crippen molar-refractivity contribution in [1.82, 2.24) is 4.90 Å². The molecule has 78 valence electrons. The fraction of sp³-hybridized carbons (Fsp3) is 1.00. The molecule has 1 aliphatic rings. The minimum atomic E-state index is 0.336. The second-order valence-electron chi connectivity index (χ2n) is 4.59. The lowest BCUT2D eigenvalue weighted by molar-refractivity contribution is 0.195. The summed E-state index contributed by atoms with van der Waals surface area (Å²) in [5.41, 5.74) is 5.81. The summed E-state index contributed by atoms with van der Waals surface area (Å²) < 4.78 is 0. The Morgan fingerprint density at radius 2 is 2.00 bits per heavy atom. The average molecular weight is 184 g/mol. The van der Waals surface area contributed by atoms with Crippen molar-refractivity contribution in [1.29, 1.82) is 0 Å². The third-order valence-electron chi connectivity index (χ3n) is 2.93. The van der Waals surface area contributed by atoms with E-state index >= 15 is 0 Å². The van der Waals surface area contributed by atoms with Crippen molar-refractivity contribution in [2.24, 2.45) is 11.7 Å². The molecule has 1 aliphatic carbocycles. The van der Waals surface area contributed by atoms with E-state index in [4.69, 9.17) is 5.73 Å². The first-order valence-electron chi connectivity index (χ1n) is 5.63. The molecule has 2 heteroatoms. The lowest BCUT2D eigenvalue weighted by Gasteiger charge is -2.28. The lowest BCUT2D eigenvalue weighted by Crippen LogP contribution is -2.38. The van der Waals surface area contributed by atoms with E-state index in [0.29, 0.717) is 12.1 Å². The molecule has 1 saturated carbocycles. The van der Waals surface area contributed by atoms with Gasteiger partial charge in [-0.3, -0.25) is 0 Å². The van der Waals surface area contributed by atoms with Crippen LogP contribution in [0.1, 0.15) is 40.0 Å². The molecule has 0 heterocycles. The molecular formula is C11H24N2. The predicted molar refractivity (Wildman–Crippen MR) is 57.7 cm³/mol. The van der Waals surface area contributed by atoms with Gasteiger partial charge in [0.2, 0.25) is 0 Å². The Morgan fingerprint density at radius 1 is 1.38 bits per heavy atom. The molecule has 0 amide bonds. The lowest BCUT2D eigenvalue weighted by atomic mass is 10.1. The molecule has 0 spiro atoms. The minimum absolute atomic E-state index is 0.336. The van der Waals surface area contributed by atoms with E-state index in [9.17, 15) is 0 Å². The van der Waals surface area contributed by atoms with Crippen LogP contribution in [0.3, 0.4) is 0 Å². The van der Waals surface area contributed by atoms with Crippen LogP contribution in [0.15, 0.2) is 0 Å². The second kappa shape index (κ2) is 4.97. The second-order valence-corrected chi connectivity index (χ2v) is 4.59. The van der Waals surface area contributed by atoms with Crippen molar-refractivity contribution in [3.05, 3.63) is 0 Å². The molecule has 0 aromatic carbocycles. The van der Waals surface area contributed by atoms with Crippen LogP contribution in [0.4, 0.5) is 0 Å². The SMILES string of the molecule is CCN(CC1CC1)C(C)CC(C)N. The van der Waals surface area contributed by atoms with Crippen molar-refractivity contribution in [3.63, 3.8) is 0 Å². The van der Waals surface area contributed by atoms with E-state index in [1.165, 1.54) is 25.9 Å². The number of hydrogen-bond acceptors (Lipinski definition) is 2. The molecule has 0 saturated heterocycles.